The summed E-state index contributed by atoms with van der Waals surface area (Å²) in [6.07, 6.45) is 0.105. The Morgan fingerprint density at radius 2 is 1.65 bits per heavy atom. The van der Waals surface area contributed by atoms with E-state index in [1.54, 1.807) is 24.3 Å². The Balaban J connectivity index is 1.81. The zero-order valence-corrected chi connectivity index (χ0v) is 13.8. The Morgan fingerprint density at radius 1 is 1.04 bits per heavy atom. The van der Waals surface area contributed by atoms with Crippen molar-refractivity contribution in [3.63, 3.8) is 0 Å². The first-order chi connectivity index (χ1) is 10.9. The number of hydrogen-bond acceptors (Lipinski definition) is 3. The van der Waals surface area contributed by atoms with Gasteiger partial charge in [-0.1, -0.05) is 29.8 Å². The second kappa shape index (κ2) is 7.79. The number of esters is 1. The molecule has 0 saturated carbocycles. The van der Waals surface area contributed by atoms with E-state index in [1.165, 1.54) is 0 Å². The molecular formula is C18H18ClNO3. The fraction of sp³-hybridized carbons (Fsp3) is 0.222. The fourth-order valence-corrected chi connectivity index (χ4v) is 2.34. The topological polar surface area (TPSA) is 55.4 Å². The van der Waals surface area contributed by atoms with Crippen molar-refractivity contribution in [2.75, 3.05) is 11.9 Å². The number of ether oxygens (including phenoxy) is 1. The van der Waals surface area contributed by atoms with Crippen LogP contribution in [0.25, 0.3) is 0 Å². The summed E-state index contributed by atoms with van der Waals surface area (Å²) in [5.74, 6) is -0.817. The van der Waals surface area contributed by atoms with Gasteiger partial charge < -0.3 is 10.1 Å². The molecule has 0 aliphatic rings. The number of nitrogens with one attached hydrogen (secondary N) is 1. The van der Waals surface area contributed by atoms with Crippen LogP contribution in [-0.4, -0.2) is 18.5 Å². The summed E-state index contributed by atoms with van der Waals surface area (Å²) in [7, 11) is 0. The lowest BCUT2D eigenvalue weighted by Crippen LogP contribution is -2.21. The Kier molecular flexibility index (Phi) is 5.77. The molecule has 0 atom stereocenters. The van der Waals surface area contributed by atoms with Crippen LogP contribution in [0.5, 0.6) is 0 Å². The molecule has 0 aliphatic carbocycles. The number of carbonyl (C=O) groups is 2. The standard InChI is InChI=1S/C18H18ClNO3/c1-12-7-13(2)9-16(8-12)20-17(21)11-23-18(22)10-14-3-5-15(19)6-4-14/h3-9H,10-11H2,1-2H3,(H,20,21). The average Bonchev–Trinajstić information content (AvgIpc) is 2.46. The van der Waals surface area contributed by atoms with Crippen LogP contribution in [0, 0.1) is 13.8 Å². The van der Waals surface area contributed by atoms with E-state index in [0.29, 0.717) is 10.7 Å². The van der Waals surface area contributed by atoms with Crippen molar-refractivity contribution in [1.82, 2.24) is 0 Å². The van der Waals surface area contributed by atoms with Gasteiger partial charge in [0.05, 0.1) is 6.42 Å². The quantitative estimate of drug-likeness (QED) is 0.850. The van der Waals surface area contributed by atoms with Gasteiger partial charge >= 0.3 is 5.97 Å². The summed E-state index contributed by atoms with van der Waals surface area (Å²) < 4.78 is 4.99. The molecule has 0 saturated heterocycles. The van der Waals surface area contributed by atoms with E-state index in [2.05, 4.69) is 5.32 Å². The van der Waals surface area contributed by atoms with Gasteiger partial charge in [-0.05, 0) is 54.8 Å². The van der Waals surface area contributed by atoms with Crippen LogP contribution >= 0.6 is 11.6 Å². The maximum atomic E-state index is 11.8. The number of amides is 1. The van der Waals surface area contributed by atoms with E-state index in [9.17, 15) is 9.59 Å². The number of anilines is 1. The van der Waals surface area contributed by atoms with E-state index in [0.717, 1.165) is 16.7 Å². The molecule has 0 bridgehead atoms. The zero-order valence-electron chi connectivity index (χ0n) is 13.1. The molecule has 2 aromatic rings. The first-order valence-corrected chi connectivity index (χ1v) is 7.58. The summed E-state index contributed by atoms with van der Waals surface area (Å²) in [6, 6.07) is 12.6. The Labute approximate surface area is 140 Å². The highest BCUT2D eigenvalue weighted by Gasteiger charge is 2.09. The smallest absolute Gasteiger partial charge is 0.310 e. The van der Waals surface area contributed by atoms with Crippen molar-refractivity contribution < 1.29 is 14.3 Å². The van der Waals surface area contributed by atoms with Crippen molar-refractivity contribution in [3.8, 4) is 0 Å². The third-order valence-corrected chi connectivity index (χ3v) is 3.38. The monoisotopic (exact) mass is 331 g/mol. The molecule has 0 unspecified atom stereocenters. The lowest BCUT2D eigenvalue weighted by atomic mass is 10.1. The first-order valence-electron chi connectivity index (χ1n) is 7.20. The van der Waals surface area contributed by atoms with Gasteiger partial charge in [0.25, 0.3) is 5.91 Å². The summed E-state index contributed by atoms with van der Waals surface area (Å²) in [6.45, 7) is 3.60. The van der Waals surface area contributed by atoms with E-state index in [4.69, 9.17) is 16.3 Å². The molecule has 1 amide bonds. The lowest BCUT2D eigenvalue weighted by molar-refractivity contribution is -0.146. The molecular weight excluding hydrogens is 314 g/mol. The zero-order chi connectivity index (χ0) is 16.8. The molecule has 0 radical (unpaired) electrons. The lowest BCUT2D eigenvalue weighted by Gasteiger charge is -2.08. The van der Waals surface area contributed by atoms with Crippen LogP contribution in [-0.2, 0) is 20.7 Å². The molecule has 1 N–H and O–H groups in total. The van der Waals surface area contributed by atoms with Gasteiger partial charge in [0.15, 0.2) is 6.61 Å². The molecule has 4 nitrogen and oxygen atoms in total. The molecule has 0 aliphatic heterocycles. The predicted molar refractivity (Wildman–Crippen MR) is 90.7 cm³/mol. The number of aryl methyl sites for hydroxylation is 2. The van der Waals surface area contributed by atoms with Crippen LogP contribution in [0.2, 0.25) is 5.02 Å². The van der Waals surface area contributed by atoms with Crippen molar-refractivity contribution in [2.45, 2.75) is 20.3 Å². The SMILES string of the molecule is Cc1cc(C)cc(NC(=O)COC(=O)Cc2ccc(Cl)cc2)c1. The normalized spacial score (nSPS) is 10.2. The Bertz CT molecular complexity index is 690. The van der Waals surface area contributed by atoms with Gasteiger partial charge in [-0.2, -0.15) is 0 Å². The summed E-state index contributed by atoms with van der Waals surface area (Å²) in [5.41, 5.74) is 3.59. The summed E-state index contributed by atoms with van der Waals surface area (Å²) >= 11 is 5.78. The Hall–Kier alpha value is -2.33. The van der Waals surface area contributed by atoms with Crippen LogP contribution in [0.15, 0.2) is 42.5 Å². The minimum atomic E-state index is -0.456. The van der Waals surface area contributed by atoms with Crippen molar-refractivity contribution in [2.24, 2.45) is 0 Å². The third-order valence-electron chi connectivity index (χ3n) is 3.13. The number of rotatable bonds is 5. The van der Waals surface area contributed by atoms with Crippen molar-refractivity contribution in [1.29, 1.82) is 0 Å². The predicted octanol–water partition coefficient (Wildman–Crippen LogP) is 3.68. The second-order valence-electron chi connectivity index (χ2n) is 5.39. The molecule has 0 aromatic heterocycles. The van der Waals surface area contributed by atoms with Gasteiger partial charge in [-0.25, -0.2) is 0 Å². The van der Waals surface area contributed by atoms with Crippen LogP contribution < -0.4 is 5.32 Å². The second-order valence-corrected chi connectivity index (χ2v) is 5.82. The van der Waals surface area contributed by atoms with Crippen LogP contribution in [0.3, 0.4) is 0 Å². The average molecular weight is 332 g/mol. The van der Waals surface area contributed by atoms with E-state index in [-0.39, 0.29) is 18.9 Å². The number of halogens is 1. The molecule has 0 heterocycles. The van der Waals surface area contributed by atoms with Gasteiger partial charge in [0.2, 0.25) is 0 Å². The Morgan fingerprint density at radius 3 is 2.26 bits per heavy atom. The molecule has 0 spiro atoms. The highest BCUT2D eigenvalue weighted by atomic mass is 35.5. The molecule has 5 heteroatoms. The molecule has 2 rings (SSSR count). The maximum Gasteiger partial charge on any atom is 0.310 e. The van der Waals surface area contributed by atoms with Crippen molar-refractivity contribution >= 4 is 29.2 Å². The number of carbonyl (C=O) groups excluding carboxylic acids is 2. The van der Waals surface area contributed by atoms with E-state index in [1.807, 2.05) is 32.0 Å². The molecule has 0 fully saturated rings. The number of benzene rings is 2. The van der Waals surface area contributed by atoms with Gasteiger partial charge in [-0.3, -0.25) is 9.59 Å². The van der Waals surface area contributed by atoms with Crippen LogP contribution in [0.4, 0.5) is 5.69 Å². The van der Waals surface area contributed by atoms with Gasteiger partial charge in [-0.15, -0.1) is 0 Å². The van der Waals surface area contributed by atoms with Crippen molar-refractivity contribution in [3.05, 3.63) is 64.2 Å². The van der Waals surface area contributed by atoms with E-state index >= 15 is 0 Å². The maximum absolute atomic E-state index is 11.8. The largest absolute Gasteiger partial charge is 0.455 e. The molecule has 23 heavy (non-hydrogen) atoms. The van der Waals surface area contributed by atoms with E-state index < -0.39 is 5.97 Å². The van der Waals surface area contributed by atoms with Crippen LogP contribution in [0.1, 0.15) is 16.7 Å². The summed E-state index contributed by atoms with van der Waals surface area (Å²) in [5, 5.41) is 3.32. The number of hydrogen-bond donors (Lipinski definition) is 1. The fourth-order valence-electron chi connectivity index (χ4n) is 2.21. The van der Waals surface area contributed by atoms with Gasteiger partial charge in [0, 0.05) is 10.7 Å². The van der Waals surface area contributed by atoms with Gasteiger partial charge in [0.1, 0.15) is 0 Å². The minimum absolute atomic E-state index is 0.105. The third kappa shape index (κ3) is 5.75. The molecule has 120 valence electrons. The first kappa shape index (κ1) is 17.0. The highest BCUT2D eigenvalue weighted by molar-refractivity contribution is 6.30. The molecule has 2 aromatic carbocycles. The minimum Gasteiger partial charge on any atom is -0.455 e. The summed E-state index contributed by atoms with van der Waals surface area (Å²) in [4.78, 5) is 23.6. The highest BCUT2D eigenvalue weighted by Crippen LogP contribution is 2.14.